The summed E-state index contributed by atoms with van der Waals surface area (Å²) in [6.45, 7) is 4.49. The summed E-state index contributed by atoms with van der Waals surface area (Å²) in [5.74, 6) is 0.712. The van der Waals surface area contributed by atoms with Crippen LogP contribution in [0.2, 0.25) is 0 Å². The molecular formula is C8H13Cl2Ti. The summed E-state index contributed by atoms with van der Waals surface area (Å²) in [7, 11) is 0. The second kappa shape index (κ2) is 6.31. The predicted octanol–water partition coefficient (Wildman–Crippen LogP) is 3.25. The Kier molecular flexibility index (Phi) is 8.20. The van der Waals surface area contributed by atoms with Gasteiger partial charge in [-0.3, -0.25) is 0 Å². The van der Waals surface area contributed by atoms with Gasteiger partial charge in [0.25, 0.3) is 0 Å². The van der Waals surface area contributed by atoms with E-state index in [1.165, 1.54) is 12.0 Å². The molecule has 63 valence electrons. The van der Waals surface area contributed by atoms with E-state index in [0.717, 1.165) is 0 Å². The third-order valence-corrected chi connectivity index (χ3v) is 2.36. The van der Waals surface area contributed by atoms with Crippen molar-refractivity contribution < 1.29 is 20.4 Å². The van der Waals surface area contributed by atoms with Crippen LogP contribution in [0.25, 0.3) is 0 Å². The van der Waals surface area contributed by atoms with E-state index in [1.807, 2.05) is 0 Å². The summed E-state index contributed by atoms with van der Waals surface area (Å²) in [4.78, 5) is 0. The Balaban J connectivity index is 0. The molecule has 0 radical (unpaired) electrons. The summed E-state index contributed by atoms with van der Waals surface area (Å²) in [6.07, 6.45) is 5.66. The molecule has 3 heteroatoms. The minimum absolute atomic E-state index is 0. The molecule has 1 aliphatic rings. The maximum atomic E-state index is 2.25. The first-order valence-corrected chi connectivity index (χ1v) is 4.11. The predicted molar refractivity (Wildman–Crippen MR) is 50.1 cm³/mol. The fourth-order valence-electron chi connectivity index (χ4n) is 1.06. The monoisotopic (exact) mass is 227 g/mol. The van der Waals surface area contributed by atoms with E-state index in [4.69, 9.17) is 0 Å². The van der Waals surface area contributed by atoms with Gasteiger partial charge in [-0.2, -0.15) is 0 Å². The van der Waals surface area contributed by atoms with E-state index in [2.05, 4.69) is 46.4 Å². The van der Waals surface area contributed by atoms with Crippen molar-refractivity contribution >= 4 is 24.8 Å². The molecule has 0 aliphatic heterocycles. The second-order valence-electron chi connectivity index (χ2n) is 2.70. The molecule has 0 atom stereocenters. The van der Waals surface area contributed by atoms with Crippen molar-refractivity contribution in [3.8, 4) is 0 Å². The number of rotatable bonds is 1. The summed E-state index contributed by atoms with van der Waals surface area (Å²) in [5, 5.41) is 0. The number of allylic oxidation sites excluding steroid dienone is 4. The third-order valence-electron chi connectivity index (χ3n) is 1.59. The van der Waals surface area contributed by atoms with Crippen LogP contribution in [0.5, 0.6) is 0 Å². The fourth-order valence-corrected chi connectivity index (χ4v) is 1.83. The van der Waals surface area contributed by atoms with Gasteiger partial charge in [-0.05, 0) is 0 Å². The van der Waals surface area contributed by atoms with Gasteiger partial charge in [-0.15, -0.1) is 24.8 Å². The molecule has 0 aromatic heterocycles. The van der Waals surface area contributed by atoms with Gasteiger partial charge in [-0.1, -0.05) is 0 Å². The molecule has 11 heavy (non-hydrogen) atoms. The Hall–Kier alpha value is 0.774. The van der Waals surface area contributed by atoms with Crippen LogP contribution in [0, 0.1) is 5.92 Å². The maximum Gasteiger partial charge on any atom is -0.147 e. The van der Waals surface area contributed by atoms with Crippen LogP contribution in [0.15, 0.2) is 21.6 Å². The second-order valence-corrected chi connectivity index (χ2v) is 3.64. The van der Waals surface area contributed by atoms with Gasteiger partial charge in [-0.25, -0.2) is 0 Å². The number of halogens is 2. The summed E-state index contributed by atoms with van der Waals surface area (Å²) in [6, 6.07) is 0. The molecule has 0 spiro atoms. The Morgan fingerprint density at radius 3 is 2.09 bits per heavy atom. The van der Waals surface area contributed by atoms with Crippen molar-refractivity contribution in [3.63, 3.8) is 0 Å². The van der Waals surface area contributed by atoms with Crippen molar-refractivity contribution in [3.05, 3.63) is 21.6 Å². The summed E-state index contributed by atoms with van der Waals surface area (Å²) < 4.78 is 1.55. The average molecular weight is 228 g/mol. The van der Waals surface area contributed by atoms with Crippen LogP contribution in [-0.4, -0.2) is 0 Å². The van der Waals surface area contributed by atoms with Gasteiger partial charge in [0.2, 0.25) is 0 Å². The van der Waals surface area contributed by atoms with E-state index < -0.39 is 0 Å². The van der Waals surface area contributed by atoms with E-state index in [9.17, 15) is 0 Å². The van der Waals surface area contributed by atoms with Crippen LogP contribution in [0.1, 0.15) is 20.3 Å². The minimum Gasteiger partial charge on any atom is -0.147 e. The van der Waals surface area contributed by atoms with E-state index in [1.54, 1.807) is 3.88 Å². The maximum absolute atomic E-state index is 2.25. The normalized spacial score (nSPS) is 14.7. The zero-order valence-corrected chi connectivity index (χ0v) is 9.95. The molecule has 0 heterocycles. The molecule has 0 unspecified atom stereocenters. The fraction of sp³-hybridized carbons (Fsp3) is 0.500. The van der Waals surface area contributed by atoms with Gasteiger partial charge in [0.15, 0.2) is 0 Å². The Labute approximate surface area is 92.7 Å². The van der Waals surface area contributed by atoms with Crippen molar-refractivity contribution in [2.75, 3.05) is 0 Å². The molecule has 0 saturated heterocycles. The first-order chi connectivity index (χ1) is 4.22. The number of hydrogen-bond donors (Lipinski definition) is 0. The zero-order chi connectivity index (χ0) is 6.85. The van der Waals surface area contributed by atoms with Crippen LogP contribution in [-0.2, 0) is 20.4 Å². The summed E-state index contributed by atoms with van der Waals surface area (Å²) >= 11 is 2.22. The van der Waals surface area contributed by atoms with Crippen LogP contribution >= 0.6 is 24.8 Å². The van der Waals surface area contributed by atoms with E-state index in [-0.39, 0.29) is 24.8 Å². The van der Waals surface area contributed by atoms with Crippen molar-refractivity contribution in [1.82, 2.24) is 0 Å². The molecule has 0 fully saturated rings. The molecule has 0 amide bonds. The van der Waals surface area contributed by atoms with Crippen LogP contribution in [0.4, 0.5) is 0 Å². The molecule has 0 N–H and O–H groups in total. The molecule has 1 aliphatic carbocycles. The average Bonchev–Trinajstić information content (AvgIpc) is 2.13. The molecule has 1 rings (SSSR count). The summed E-state index contributed by atoms with van der Waals surface area (Å²) in [5.41, 5.74) is 1.54. The molecule has 0 aromatic carbocycles. The molecule has 0 bridgehead atoms. The van der Waals surface area contributed by atoms with Crippen LogP contribution < -0.4 is 0 Å². The zero-order valence-electron chi connectivity index (χ0n) is 6.76. The minimum atomic E-state index is 0. The quantitative estimate of drug-likeness (QED) is 0.604. The SMILES string of the molecule is CC(C)C1=[C]([Ti])CC=C1.Cl.Cl. The Morgan fingerprint density at radius 1 is 1.36 bits per heavy atom. The van der Waals surface area contributed by atoms with Gasteiger partial charge in [0.05, 0.1) is 0 Å². The largest absolute Gasteiger partial charge is 0.147 e. The van der Waals surface area contributed by atoms with Gasteiger partial charge in [0, 0.05) is 0 Å². The van der Waals surface area contributed by atoms with Crippen molar-refractivity contribution in [2.45, 2.75) is 20.3 Å². The van der Waals surface area contributed by atoms with Crippen LogP contribution in [0.3, 0.4) is 0 Å². The van der Waals surface area contributed by atoms with Gasteiger partial charge in [0.1, 0.15) is 0 Å². The molecule has 0 aromatic rings. The Morgan fingerprint density at radius 2 is 1.91 bits per heavy atom. The standard InChI is InChI=1S/C8H11.2ClH.Ti/c1-7(2)8-5-3-4-6-8;;;/h3,5,7H,4H2,1-2H3;2*1H;. The topological polar surface area (TPSA) is 0 Å². The van der Waals surface area contributed by atoms with E-state index in [0.29, 0.717) is 5.92 Å². The van der Waals surface area contributed by atoms with Gasteiger partial charge >= 0.3 is 68.2 Å². The molecule has 0 saturated carbocycles. The van der Waals surface area contributed by atoms with Crippen molar-refractivity contribution in [2.24, 2.45) is 5.92 Å². The molecular weight excluding hydrogens is 215 g/mol. The first-order valence-electron chi connectivity index (χ1n) is 3.33. The Bertz CT molecular complexity index is 171. The number of hydrogen-bond acceptors (Lipinski definition) is 0. The molecule has 0 nitrogen and oxygen atoms in total. The van der Waals surface area contributed by atoms with E-state index >= 15 is 0 Å². The van der Waals surface area contributed by atoms with Gasteiger partial charge < -0.3 is 0 Å². The third kappa shape index (κ3) is 3.80. The van der Waals surface area contributed by atoms with Crippen molar-refractivity contribution in [1.29, 1.82) is 0 Å². The smallest absolute Gasteiger partial charge is 0.147 e. The first kappa shape index (κ1) is 14.3.